The van der Waals surface area contributed by atoms with Crippen LogP contribution < -0.4 is 0 Å². The minimum atomic E-state index is 0.471. The van der Waals surface area contributed by atoms with Crippen molar-refractivity contribution in [2.45, 2.75) is 33.1 Å². The second-order valence-electron chi connectivity index (χ2n) is 4.40. The summed E-state index contributed by atoms with van der Waals surface area (Å²) in [6.07, 6.45) is 3.15. The van der Waals surface area contributed by atoms with Crippen molar-refractivity contribution in [2.75, 3.05) is 0 Å². The molecule has 0 heterocycles. The lowest BCUT2D eigenvalue weighted by Crippen LogP contribution is -2.24. The van der Waals surface area contributed by atoms with Crippen LogP contribution in [0.25, 0.3) is 0 Å². The van der Waals surface area contributed by atoms with Gasteiger partial charge in [-0.1, -0.05) is 13.8 Å². The largest absolute Gasteiger partial charge is 0.299 e. The molecule has 0 amide bonds. The van der Waals surface area contributed by atoms with Crippen molar-refractivity contribution in [1.82, 2.24) is 0 Å². The summed E-state index contributed by atoms with van der Waals surface area (Å²) >= 11 is 0. The van der Waals surface area contributed by atoms with E-state index in [4.69, 9.17) is 0 Å². The van der Waals surface area contributed by atoms with E-state index in [1.165, 1.54) is 6.42 Å². The van der Waals surface area contributed by atoms with Crippen LogP contribution in [0.4, 0.5) is 0 Å². The monoisotopic (exact) mass is 138 g/mol. The number of hydrogen-bond acceptors (Lipinski definition) is 1. The topological polar surface area (TPSA) is 17.1 Å². The van der Waals surface area contributed by atoms with Crippen molar-refractivity contribution >= 4 is 5.78 Å². The van der Waals surface area contributed by atoms with Gasteiger partial charge in [0.25, 0.3) is 0 Å². The van der Waals surface area contributed by atoms with Crippen LogP contribution >= 0.6 is 0 Å². The molecule has 1 heteroatoms. The van der Waals surface area contributed by atoms with Crippen LogP contribution in [0, 0.1) is 17.3 Å². The van der Waals surface area contributed by atoms with E-state index in [1.807, 2.05) is 0 Å². The zero-order chi connectivity index (χ0) is 7.35. The maximum atomic E-state index is 11.1. The van der Waals surface area contributed by atoms with Crippen LogP contribution in [-0.4, -0.2) is 5.78 Å². The average molecular weight is 138 g/mol. The van der Waals surface area contributed by atoms with Gasteiger partial charge in [0.05, 0.1) is 0 Å². The molecule has 2 aliphatic carbocycles. The Labute approximate surface area is 61.8 Å². The van der Waals surface area contributed by atoms with Gasteiger partial charge in [0, 0.05) is 12.3 Å². The van der Waals surface area contributed by atoms with E-state index in [2.05, 4.69) is 13.8 Å². The Morgan fingerprint density at radius 3 is 2.80 bits per heavy atom. The van der Waals surface area contributed by atoms with Crippen LogP contribution in [0.2, 0.25) is 0 Å². The molecule has 2 unspecified atom stereocenters. The molecule has 0 aliphatic heterocycles. The van der Waals surface area contributed by atoms with Gasteiger partial charge < -0.3 is 0 Å². The maximum Gasteiger partial charge on any atom is 0.136 e. The fourth-order valence-corrected chi connectivity index (χ4v) is 2.23. The Morgan fingerprint density at radius 2 is 2.20 bits per heavy atom. The molecular formula is C9H14O. The molecule has 2 aliphatic rings. The Morgan fingerprint density at radius 1 is 1.50 bits per heavy atom. The molecule has 0 aromatic carbocycles. The van der Waals surface area contributed by atoms with Crippen molar-refractivity contribution in [2.24, 2.45) is 17.3 Å². The molecule has 0 radical (unpaired) electrons. The van der Waals surface area contributed by atoms with Gasteiger partial charge in [-0.2, -0.15) is 0 Å². The molecule has 0 aromatic rings. The number of carbonyl (C=O) groups is 1. The molecule has 10 heavy (non-hydrogen) atoms. The fourth-order valence-electron chi connectivity index (χ4n) is 2.23. The summed E-state index contributed by atoms with van der Waals surface area (Å²) in [6, 6.07) is 0. The van der Waals surface area contributed by atoms with E-state index < -0.39 is 0 Å². The predicted molar refractivity (Wildman–Crippen MR) is 39.6 cm³/mol. The molecular weight excluding hydrogens is 124 g/mol. The molecule has 0 spiro atoms. The molecule has 2 saturated carbocycles. The van der Waals surface area contributed by atoms with Crippen molar-refractivity contribution in [1.29, 1.82) is 0 Å². The highest BCUT2D eigenvalue weighted by Gasteiger charge is 2.53. The zero-order valence-corrected chi connectivity index (χ0v) is 6.68. The molecule has 0 aromatic heterocycles. The van der Waals surface area contributed by atoms with Gasteiger partial charge in [-0.25, -0.2) is 0 Å². The lowest BCUT2D eigenvalue weighted by Gasteiger charge is -2.28. The second-order valence-corrected chi connectivity index (χ2v) is 4.40. The smallest absolute Gasteiger partial charge is 0.136 e. The van der Waals surface area contributed by atoms with Crippen molar-refractivity contribution in [3.8, 4) is 0 Å². The molecule has 0 saturated heterocycles. The Kier molecular flexibility index (Phi) is 1.04. The number of rotatable bonds is 0. The third-order valence-electron chi connectivity index (χ3n) is 3.22. The maximum absolute atomic E-state index is 11.1. The Balaban J connectivity index is 2.16. The van der Waals surface area contributed by atoms with Crippen molar-refractivity contribution < 1.29 is 4.79 Å². The highest BCUT2D eigenvalue weighted by Crippen LogP contribution is 2.57. The summed E-state index contributed by atoms with van der Waals surface area (Å²) in [7, 11) is 0. The third-order valence-corrected chi connectivity index (χ3v) is 3.22. The third kappa shape index (κ3) is 0.727. The molecule has 0 bridgehead atoms. The standard InChI is InChI=1S/C9H14O/c1-9(2)4-3-8(10)6-5-7(6)9/h6-7H,3-5H2,1-2H3. The number of ketones is 1. The first-order valence-electron chi connectivity index (χ1n) is 4.14. The van der Waals surface area contributed by atoms with Crippen LogP contribution in [0.3, 0.4) is 0 Å². The number of Topliss-reactive ketones (excluding diaryl/α,β-unsaturated/α-hetero) is 1. The fraction of sp³-hybridized carbons (Fsp3) is 0.889. The van der Waals surface area contributed by atoms with Crippen LogP contribution in [0.5, 0.6) is 0 Å². The van der Waals surface area contributed by atoms with Crippen LogP contribution in [0.15, 0.2) is 0 Å². The van der Waals surface area contributed by atoms with E-state index in [1.54, 1.807) is 0 Å². The van der Waals surface area contributed by atoms with Crippen molar-refractivity contribution in [3.05, 3.63) is 0 Å². The van der Waals surface area contributed by atoms with E-state index in [9.17, 15) is 4.79 Å². The normalized spacial score (nSPS) is 42.8. The van der Waals surface area contributed by atoms with Gasteiger partial charge in [-0.05, 0) is 24.2 Å². The van der Waals surface area contributed by atoms with Gasteiger partial charge in [-0.3, -0.25) is 4.79 Å². The average Bonchev–Trinajstić information content (AvgIpc) is 2.58. The van der Waals surface area contributed by atoms with E-state index in [0.29, 0.717) is 17.1 Å². The summed E-state index contributed by atoms with van der Waals surface area (Å²) < 4.78 is 0. The second kappa shape index (κ2) is 1.63. The molecule has 0 N–H and O–H groups in total. The van der Waals surface area contributed by atoms with Crippen molar-refractivity contribution in [3.63, 3.8) is 0 Å². The first-order valence-corrected chi connectivity index (χ1v) is 4.14. The Bertz CT molecular complexity index is 181. The lowest BCUT2D eigenvalue weighted by molar-refractivity contribution is -0.123. The van der Waals surface area contributed by atoms with Crippen LogP contribution in [-0.2, 0) is 4.79 Å². The highest BCUT2D eigenvalue weighted by atomic mass is 16.1. The molecule has 2 fully saturated rings. The predicted octanol–water partition coefficient (Wildman–Crippen LogP) is 2.01. The Hall–Kier alpha value is -0.330. The van der Waals surface area contributed by atoms with Gasteiger partial charge in [0.15, 0.2) is 0 Å². The minimum Gasteiger partial charge on any atom is -0.299 e. The van der Waals surface area contributed by atoms with E-state index in [-0.39, 0.29) is 0 Å². The summed E-state index contributed by atoms with van der Waals surface area (Å²) in [6.45, 7) is 4.59. The number of carbonyl (C=O) groups excluding carboxylic acids is 1. The van der Waals surface area contributed by atoms with E-state index in [0.717, 1.165) is 18.8 Å². The van der Waals surface area contributed by atoms with Crippen LogP contribution in [0.1, 0.15) is 33.1 Å². The summed E-state index contributed by atoms with van der Waals surface area (Å²) in [5.74, 6) is 1.75. The number of fused-ring (bicyclic) bond motifs is 1. The summed E-state index contributed by atoms with van der Waals surface area (Å²) in [4.78, 5) is 11.1. The molecule has 56 valence electrons. The first kappa shape index (κ1) is 6.38. The molecule has 1 nitrogen and oxygen atoms in total. The lowest BCUT2D eigenvalue weighted by atomic mass is 9.76. The highest BCUT2D eigenvalue weighted by molar-refractivity contribution is 5.85. The number of hydrogen-bond donors (Lipinski definition) is 0. The first-order chi connectivity index (χ1) is 4.61. The summed E-state index contributed by atoms with van der Waals surface area (Å²) in [5, 5.41) is 0. The quantitative estimate of drug-likeness (QED) is 0.500. The minimum absolute atomic E-state index is 0.471. The SMILES string of the molecule is CC1(C)CCC(=O)C2CC21. The van der Waals surface area contributed by atoms with Gasteiger partial charge in [-0.15, -0.1) is 0 Å². The molecule has 2 rings (SSSR count). The van der Waals surface area contributed by atoms with Gasteiger partial charge in [0.1, 0.15) is 5.78 Å². The molecule has 2 atom stereocenters. The zero-order valence-electron chi connectivity index (χ0n) is 6.68. The van der Waals surface area contributed by atoms with Gasteiger partial charge in [0.2, 0.25) is 0 Å². The van der Waals surface area contributed by atoms with E-state index >= 15 is 0 Å². The summed E-state index contributed by atoms with van der Waals surface area (Å²) in [5.41, 5.74) is 0.471. The van der Waals surface area contributed by atoms with Gasteiger partial charge >= 0.3 is 0 Å².